The summed E-state index contributed by atoms with van der Waals surface area (Å²) in [5, 5.41) is 3.71. The summed E-state index contributed by atoms with van der Waals surface area (Å²) < 4.78 is 44.5. The van der Waals surface area contributed by atoms with Crippen LogP contribution in [0.1, 0.15) is 53.4 Å². The van der Waals surface area contributed by atoms with Gasteiger partial charge in [0.25, 0.3) is 5.91 Å². The van der Waals surface area contributed by atoms with Gasteiger partial charge in [0.1, 0.15) is 11.3 Å². The lowest BCUT2D eigenvalue weighted by Crippen LogP contribution is -2.40. The first-order chi connectivity index (χ1) is 12.9. The minimum absolute atomic E-state index is 0.103. The summed E-state index contributed by atoms with van der Waals surface area (Å²) in [7, 11) is 0. The summed E-state index contributed by atoms with van der Waals surface area (Å²) in [4.78, 5) is 14.5. The Kier molecular flexibility index (Phi) is 5.87. The number of aromatic nitrogens is 1. The summed E-state index contributed by atoms with van der Waals surface area (Å²) in [5.74, 6) is 0.656. The molecule has 1 aromatic heterocycles. The van der Waals surface area contributed by atoms with Crippen molar-refractivity contribution in [1.29, 1.82) is 0 Å². The molecule has 2 heterocycles. The predicted molar refractivity (Wildman–Crippen MR) is 94.3 cm³/mol. The monoisotopic (exact) mass is 380 g/mol. The number of benzene rings is 1. The van der Waals surface area contributed by atoms with E-state index in [1.165, 1.54) is 12.3 Å². The third-order valence-electron chi connectivity index (χ3n) is 5.15. The quantitative estimate of drug-likeness (QED) is 0.753. The smallest absolute Gasteiger partial charge is 0.361 e. The molecule has 0 spiro atoms. The van der Waals surface area contributed by atoms with Crippen LogP contribution in [0.3, 0.4) is 0 Å². The number of piperidine rings is 1. The van der Waals surface area contributed by atoms with Crippen LogP contribution >= 0.6 is 0 Å². The van der Waals surface area contributed by atoms with Crippen LogP contribution in [-0.2, 0) is 19.0 Å². The van der Waals surface area contributed by atoms with Gasteiger partial charge in [-0.3, -0.25) is 4.79 Å². The highest BCUT2D eigenvalue weighted by Gasteiger charge is 2.33. The SMILES string of the molecule is CCc1oncc1C(=O)N1CCC[C@H](CCc2ccccc2C(F)(F)F)C1. The number of aryl methyl sites for hydroxylation is 2. The summed E-state index contributed by atoms with van der Waals surface area (Å²) in [5.41, 5.74) is 0.243. The zero-order valence-electron chi connectivity index (χ0n) is 15.3. The maximum atomic E-state index is 13.1. The minimum Gasteiger partial charge on any atom is -0.361 e. The molecule has 0 unspecified atom stereocenters. The van der Waals surface area contributed by atoms with Crippen molar-refractivity contribution in [3.63, 3.8) is 0 Å². The molecule has 1 aromatic carbocycles. The minimum atomic E-state index is -4.34. The van der Waals surface area contributed by atoms with Gasteiger partial charge in [-0.05, 0) is 43.2 Å². The number of hydrogen-bond acceptors (Lipinski definition) is 3. The molecule has 1 atom stereocenters. The molecule has 0 aliphatic carbocycles. The number of nitrogens with zero attached hydrogens (tertiary/aromatic N) is 2. The van der Waals surface area contributed by atoms with Gasteiger partial charge in [-0.2, -0.15) is 13.2 Å². The Morgan fingerprint density at radius 3 is 2.85 bits per heavy atom. The summed E-state index contributed by atoms with van der Waals surface area (Å²) in [6, 6.07) is 5.72. The van der Waals surface area contributed by atoms with Gasteiger partial charge in [-0.25, -0.2) is 0 Å². The van der Waals surface area contributed by atoms with Crippen LogP contribution < -0.4 is 0 Å². The molecule has 4 nitrogen and oxygen atoms in total. The molecule has 2 aromatic rings. The molecule has 0 saturated carbocycles. The van der Waals surface area contributed by atoms with E-state index in [0.29, 0.717) is 49.2 Å². The highest BCUT2D eigenvalue weighted by Crippen LogP contribution is 2.33. The predicted octanol–water partition coefficient (Wildman–Crippen LogP) is 4.74. The molecule has 7 heteroatoms. The van der Waals surface area contributed by atoms with Crippen LogP contribution in [-0.4, -0.2) is 29.1 Å². The average Bonchev–Trinajstić information content (AvgIpc) is 3.14. The Balaban J connectivity index is 1.64. The fraction of sp³-hybridized carbons (Fsp3) is 0.500. The van der Waals surface area contributed by atoms with Crippen molar-refractivity contribution < 1.29 is 22.5 Å². The Hall–Kier alpha value is -2.31. The maximum Gasteiger partial charge on any atom is 0.416 e. The number of likely N-dealkylation sites (tertiary alicyclic amines) is 1. The number of rotatable bonds is 5. The maximum absolute atomic E-state index is 13.1. The van der Waals surface area contributed by atoms with Crippen molar-refractivity contribution in [2.45, 2.75) is 45.2 Å². The molecule has 1 aliphatic heterocycles. The van der Waals surface area contributed by atoms with Crippen molar-refractivity contribution >= 4 is 5.91 Å². The van der Waals surface area contributed by atoms with E-state index >= 15 is 0 Å². The van der Waals surface area contributed by atoms with E-state index in [-0.39, 0.29) is 11.8 Å². The standard InChI is InChI=1S/C20H23F3N2O2/c1-2-18-16(12-24-27-18)19(26)25-11-5-6-14(13-25)9-10-15-7-3-4-8-17(15)20(21,22)23/h3-4,7-8,12,14H,2,5-6,9-11,13H2,1H3/t14-/m1/s1. The zero-order chi connectivity index (χ0) is 19.4. The number of amides is 1. The normalized spacial score (nSPS) is 17.9. The molecular weight excluding hydrogens is 357 g/mol. The fourth-order valence-corrected chi connectivity index (χ4v) is 3.72. The van der Waals surface area contributed by atoms with E-state index in [2.05, 4.69) is 5.16 Å². The number of carbonyl (C=O) groups excluding carboxylic acids is 1. The largest absolute Gasteiger partial charge is 0.416 e. The summed E-state index contributed by atoms with van der Waals surface area (Å²) >= 11 is 0. The van der Waals surface area contributed by atoms with E-state index in [1.807, 2.05) is 6.92 Å². The zero-order valence-corrected chi connectivity index (χ0v) is 15.3. The van der Waals surface area contributed by atoms with Crippen LogP contribution in [0.15, 0.2) is 35.0 Å². The number of alkyl halides is 3. The number of carbonyl (C=O) groups is 1. The van der Waals surface area contributed by atoms with Gasteiger partial charge in [0, 0.05) is 19.5 Å². The highest BCUT2D eigenvalue weighted by atomic mass is 19.4. The van der Waals surface area contributed by atoms with E-state index in [0.717, 1.165) is 18.9 Å². The first kappa shape index (κ1) is 19.5. The summed E-state index contributed by atoms with van der Waals surface area (Å²) in [6.07, 6.45) is 0.455. The molecule has 1 amide bonds. The van der Waals surface area contributed by atoms with Gasteiger partial charge in [0.2, 0.25) is 0 Å². The molecule has 0 N–H and O–H groups in total. The Labute approximate surface area is 156 Å². The lowest BCUT2D eigenvalue weighted by molar-refractivity contribution is -0.138. The van der Waals surface area contributed by atoms with E-state index in [1.54, 1.807) is 17.0 Å². The van der Waals surface area contributed by atoms with Crippen molar-refractivity contribution in [2.75, 3.05) is 13.1 Å². The molecule has 1 saturated heterocycles. The van der Waals surface area contributed by atoms with Crippen LogP contribution in [0, 0.1) is 5.92 Å². The molecule has 0 radical (unpaired) electrons. The van der Waals surface area contributed by atoms with Crippen molar-refractivity contribution in [1.82, 2.24) is 10.1 Å². The molecule has 1 aliphatic rings. The lowest BCUT2D eigenvalue weighted by atomic mass is 9.90. The van der Waals surface area contributed by atoms with Gasteiger partial charge in [-0.15, -0.1) is 0 Å². The van der Waals surface area contributed by atoms with Crippen molar-refractivity contribution in [2.24, 2.45) is 5.92 Å². The Morgan fingerprint density at radius 2 is 2.11 bits per heavy atom. The third-order valence-corrected chi connectivity index (χ3v) is 5.15. The van der Waals surface area contributed by atoms with E-state index < -0.39 is 11.7 Å². The van der Waals surface area contributed by atoms with Crippen LogP contribution in [0.5, 0.6) is 0 Å². The number of hydrogen-bond donors (Lipinski definition) is 0. The van der Waals surface area contributed by atoms with Gasteiger partial charge < -0.3 is 9.42 Å². The third kappa shape index (κ3) is 4.51. The average molecular weight is 380 g/mol. The fourth-order valence-electron chi connectivity index (χ4n) is 3.72. The molecular formula is C20H23F3N2O2. The van der Waals surface area contributed by atoms with Crippen LogP contribution in [0.25, 0.3) is 0 Å². The molecule has 0 bridgehead atoms. The Morgan fingerprint density at radius 1 is 1.33 bits per heavy atom. The van der Waals surface area contributed by atoms with Gasteiger partial charge in [0.15, 0.2) is 0 Å². The van der Waals surface area contributed by atoms with Crippen molar-refractivity contribution in [3.8, 4) is 0 Å². The lowest BCUT2D eigenvalue weighted by Gasteiger charge is -2.33. The molecule has 27 heavy (non-hydrogen) atoms. The van der Waals surface area contributed by atoms with Gasteiger partial charge >= 0.3 is 6.18 Å². The number of halogens is 3. The van der Waals surface area contributed by atoms with Crippen LogP contribution in [0.4, 0.5) is 13.2 Å². The highest BCUT2D eigenvalue weighted by molar-refractivity contribution is 5.94. The molecule has 1 fully saturated rings. The van der Waals surface area contributed by atoms with E-state index in [4.69, 9.17) is 4.52 Å². The summed E-state index contributed by atoms with van der Waals surface area (Å²) in [6.45, 7) is 3.11. The van der Waals surface area contributed by atoms with Gasteiger partial charge in [-0.1, -0.05) is 30.3 Å². The van der Waals surface area contributed by atoms with E-state index in [9.17, 15) is 18.0 Å². The van der Waals surface area contributed by atoms with Crippen LogP contribution in [0.2, 0.25) is 0 Å². The second-order valence-electron chi connectivity index (χ2n) is 6.97. The first-order valence-electron chi connectivity index (χ1n) is 9.28. The molecule has 146 valence electrons. The second-order valence-corrected chi connectivity index (χ2v) is 6.97. The Bertz CT molecular complexity index is 786. The van der Waals surface area contributed by atoms with Gasteiger partial charge in [0.05, 0.1) is 11.8 Å². The van der Waals surface area contributed by atoms with Crippen molar-refractivity contribution in [3.05, 3.63) is 52.9 Å². The first-order valence-corrected chi connectivity index (χ1v) is 9.28. The second kappa shape index (κ2) is 8.15. The topological polar surface area (TPSA) is 46.3 Å². The molecule has 3 rings (SSSR count).